The Hall–Kier alpha value is -3.56. The molecule has 1 fully saturated rings. The quantitative estimate of drug-likeness (QED) is 0.639. The first-order valence-corrected chi connectivity index (χ1v) is 9.29. The van der Waals surface area contributed by atoms with E-state index in [1.165, 1.54) is 0 Å². The van der Waals surface area contributed by atoms with Crippen LogP contribution in [0, 0.1) is 0 Å². The van der Waals surface area contributed by atoms with Crippen molar-refractivity contribution in [3.05, 3.63) is 41.9 Å². The molecule has 2 aromatic heterocycles. The summed E-state index contributed by atoms with van der Waals surface area (Å²) < 4.78 is 14.0. The fourth-order valence-electron chi connectivity index (χ4n) is 3.25. The predicted molar refractivity (Wildman–Crippen MR) is 104 cm³/mol. The topological polar surface area (TPSA) is 104 Å². The number of ether oxygens (including phenoxy) is 2. The van der Waals surface area contributed by atoms with Crippen LogP contribution in [0.2, 0.25) is 0 Å². The number of rotatable bonds is 7. The van der Waals surface area contributed by atoms with Gasteiger partial charge in [0.05, 0.1) is 17.8 Å². The molecule has 1 aliphatic rings. The maximum atomic E-state index is 12.7. The molecular weight excluding hydrogens is 376 g/mol. The SMILES string of the molecule is Cn1nccc1COc1ccc2nn(C)c(C(=O)NCCN3CCOC3=O)c2c1. The normalized spacial score (nSPS) is 13.7. The van der Waals surface area contributed by atoms with Gasteiger partial charge in [-0.15, -0.1) is 0 Å². The van der Waals surface area contributed by atoms with Gasteiger partial charge in [0.25, 0.3) is 5.91 Å². The van der Waals surface area contributed by atoms with Crippen molar-refractivity contribution < 1.29 is 19.1 Å². The number of nitrogens with one attached hydrogen (secondary N) is 1. The first kappa shape index (κ1) is 18.8. The second-order valence-electron chi connectivity index (χ2n) is 6.74. The van der Waals surface area contributed by atoms with Crippen LogP contribution in [0.4, 0.5) is 4.79 Å². The van der Waals surface area contributed by atoms with Crippen LogP contribution in [-0.2, 0) is 25.4 Å². The monoisotopic (exact) mass is 398 g/mol. The van der Waals surface area contributed by atoms with E-state index in [0.29, 0.717) is 55.2 Å². The third kappa shape index (κ3) is 3.86. The Morgan fingerprint density at radius 1 is 1.28 bits per heavy atom. The second-order valence-corrected chi connectivity index (χ2v) is 6.74. The summed E-state index contributed by atoms with van der Waals surface area (Å²) in [6.45, 7) is 2.04. The van der Waals surface area contributed by atoms with Crippen LogP contribution in [0.1, 0.15) is 16.2 Å². The average molecular weight is 398 g/mol. The highest BCUT2D eigenvalue weighted by atomic mass is 16.6. The highest BCUT2D eigenvalue weighted by Gasteiger charge is 2.22. The molecule has 2 amide bonds. The molecular formula is C19H22N6O4. The van der Waals surface area contributed by atoms with E-state index in [2.05, 4.69) is 15.5 Å². The lowest BCUT2D eigenvalue weighted by atomic mass is 10.2. The molecule has 0 bridgehead atoms. The van der Waals surface area contributed by atoms with E-state index in [4.69, 9.17) is 9.47 Å². The standard InChI is InChI=1S/C19H22N6O4/c1-23-13(5-6-21-23)12-29-14-3-4-16-15(11-14)17(24(2)22-16)18(26)20-7-8-25-9-10-28-19(25)27/h3-6,11H,7-10,12H2,1-2H3,(H,20,26). The van der Waals surface area contributed by atoms with Gasteiger partial charge >= 0.3 is 6.09 Å². The summed E-state index contributed by atoms with van der Waals surface area (Å²) in [6.07, 6.45) is 1.37. The van der Waals surface area contributed by atoms with Crippen LogP contribution in [-0.4, -0.2) is 62.7 Å². The summed E-state index contributed by atoms with van der Waals surface area (Å²) >= 11 is 0. The largest absolute Gasteiger partial charge is 0.487 e. The molecule has 1 aromatic carbocycles. The predicted octanol–water partition coefficient (Wildman–Crippen LogP) is 1.07. The Kier molecular flexibility index (Phi) is 5.07. The number of hydrogen-bond acceptors (Lipinski definition) is 6. The molecule has 152 valence electrons. The molecule has 0 saturated carbocycles. The van der Waals surface area contributed by atoms with E-state index < -0.39 is 0 Å². The van der Waals surface area contributed by atoms with Crippen molar-refractivity contribution in [2.24, 2.45) is 14.1 Å². The van der Waals surface area contributed by atoms with Gasteiger partial charge in [0, 0.05) is 38.8 Å². The molecule has 10 heteroatoms. The molecule has 3 heterocycles. The van der Waals surface area contributed by atoms with E-state index in [-0.39, 0.29) is 12.0 Å². The minimum absolute atomic E-state index is 0.258. The number of aryl methyl sites for hydroxylation is 2. The van der Waals surface area contributed by atoms with Gasteiger partial charge in [0.1, 0.15) is 24.7 Å². The van der Waals surface area contributed by atoms with Gasteiger partial charge in [0.2, 0.25) is 0 Å². The minimum Gasteiger partial charge on any atom is -0.487 e. The van der Waals surface area contributed by atoms with Crippen LogP contribution in [0.25, 0.3) is 10.9 Å². The Labute approximate surface area is 167 Å². The number of benzene rings is 1. The first-order valence-electron chi connectivity index (χ1n) is 9.29. The summed E-state index contributed by atoms with van der Waals surface area (Å²) in [7, 11) is 3.58. The fourth-order valence-corrected chi connectivity index (χ4v) is 3.25. The summed E-state index contributed by atoms with van der Waals surface area (Å²) in [5.74, 6) is 0.381. The zero-order valence-electron chi connectivity index (χ0n) is 16.3. The molecule has 3 aromatic rings. The lowest BCUT2D eigenvalue weighted by molar-refractivity contribution is 0.0941. The zero-order valence-corrected chi connectivity index (χ0v) is 16.3. The third-order valence-corrected chi connectivity index (χ3v) is 4.84. The number of cyclic esters (lactones) is 1. The van der Waals surface area contributed by atoms with E-state index in [9.17, 15) is 9.59 Å². The van der Waals surface area contributed by atoms with E-state index >= 15 is 0 Å². The molecule has 0 unspecified atom stereocenters. The number of amides is 2. The fraction of sp³-hybridized carbons (Fsp3) is 0.368. The van der Waals surface area contributed by atoms with Gasteiger partial charge in [0.15, 0.2) is 0 Å². The van der Waals surface area contributed by atoms with Crippen molar-refractivity contribution in [2.75, 3.05) is 26.2 Å². The van der Waals surface area contributed by atoms with Crippen molar-refractivity contribution in [2.45, 2.75) is 6.61 Å². The highest BCUT2D eigenvalue weighted by Crippen LogP contribution is 2.24. The molecule has 0 atom stereocenters. The van der Waals surface area contributed by atoms with Crippen molar-refractivity contribution >= 4 is 22.9 Å². The molecule has 0 radical (unpaired) electrons. The molecule has 1 aliphatic heterocycles. The van der Waals surface area contributed by atoms with Crippen LogP contribution in [0.3, 0.4) is 0 Å². The third-order valence-electron chi connectivity index (χ3n) is 4.84. The highest BCUT2D eigenvalue weighted by molar-refractivity contribution is 6.05. The van der Waals surface area contributed by atoms with Crippen molar-refractivity contribution in [3.63, 3.8) is 0 Å². The van der Waals surface area contributed by atoms with E-state index in [0.717, 1.165) is 5.69 Å². The zero-order chi connectivity index (χ0) is 20.4. The number of hydrogen-bond donors (Lipinski definition) is 1. The van der Waals surface area contributed by atoms with Crippen LogP contribution < -0.4 is 10.1 Å². The Bertz CT molecular complexity index is 1060. The number of carbonyl (C=O) groups is 2. The van der Waals surface area contributed by atoms with Crippen molar-refractivity contribution in [1.29, 1.82) is 0 Å². The maximum Gasteiger partial charge on any atom is 0.409 e. The Morgan fingerprint density at radius 2 is 2.14 bits per heavy atom. The number of carbonyl (C=O) groups excluding carboxylic acids is 2. The number of nitrogens with zero attached hydrogens (tertiary/aromatic N) is 5. The minimum atomic E-state index is -0.347. The van der Waals surface area contributed by atoms with Crippen LogP contribution >= 0.6 is 0 Å². The molecule has 1 saturated heterocycles. The molecule has 10 nitrogen and oxygen atoms in total. The molecule has 29 heavy (non-hydrogen) atoms. The van der Waals surface area contributed by atoms with Crippen LogP contribution in [0.5, 0.6) is 5.75 Å². The smallest absolute Gasteiger partial charge is 0.409 e. The molecule has 1 N–H and O–H groups in total. The van der Waals surface area contributed by atoms with Crippen LogP contribution in [0.15, 0.2) is 30.5 Å². The van der Waals surface area contributed by atoms with Crippen molar-refractivity contribution in [3.8, 4) is 5.75 Å². The molecule has 0 spiro atoms. The lowest BCUT2D eigenvalue weighted by Gasteiger charge is -2.13. The van der Waals surface area contributed by atoms with Gasteiger partial charge in [-0.2, -0.15) is 10.2 Å². The average Bonchev–Trinajstić information content (AvgIpc) is 3.38. The summed E-state index contributed by atoms with van der Waals surface area (Å²) in [5, 5.41) is 12.1. The van der Waals surface area contributed by atoms with Gasteiger partial charge in [-0.25, -0.2) is 4.79 Å². The second kappa shape index (κ2) is 7.82. The lowest BCUT2D eigenvalue weighted by Crippen LogP contribution is -2.36. The summed E-state index contributed by atoms with van der Waals surface area (Å²) in [4.78, 5) is 25.8. The molecule has 4 rings (SSSR count). The first-order chi connectivity index (χ1) is 14.0. The Morgan fingerprint density at radius 3 is 2.86 bits per heavy atom. The van der Waals surface area contributed by atoms with Gasteiger partial charge < -0.3 is 19.7 Å². The van der Waals surface area contributed by atoms with Gasteiger partial charge in [-0.1, -0.05) is 0 Å². The van der Waals surface area contributed by atoms with E-state index in [1.807, 2.05) is 31.3 Å². The van der Waals surface area contributed by atoms with Gasteiger partial charge in [-0.3, -0.25) is 14.2 Å². The Balaban J connectivity index is 1.46. The maximum absolute atomic E-state index is 12.7. The number of fused-ring (bicyclic) bond motifs is 1. The molecule has 0 aliphatic carbocycles. The van der Waals surface area contributed by atoms with Gasteiger partial charge in [-0.05, 0) is 24.3 Å². The van der Waals surface area contributed by atoms with Crippen molar-refractivity contribution in [1.82, 2.24) is 29.8 Å². The summed E-state index contributed by atoms with van der Waals surface area (Å²) in [5.41, 5.74) is 2.08. The van der Waals surface area contributed by atoms with E-state index in [1.54, 1.807) is 27.5 Å². The number of aromatic nitrogens is 4. The summed E-state index contributed by atoms with van der Waals surface area (Å²) in [6, 6.07) is 7.35.